The number of carbonyl (C=O) groups excluding carboxylic acids is 4. The van der Waals surface area contributed by atoms with Crippen molar-refractivity contribution in [3.05, 3.63) is 109 Å². The molecule has 0 spiro atoms. The van der Waals surface area contributed by atoms with Gasteiger partial charge >= 0.3 is 18.0 Å². The van der Waals surface area contributed by atoms with Crippen LogP contribution in [0, 0.1) is 20.2 Å². The zero-order valence-electron chi connectivity index (χ0n) is 21.0. The van der Waals surface area contributed by atoms with Gasteiger partial charge in [0, 0.05) is 35.9 Å². The van der Waals surface area contributed by atoms with Crippen molar-refractivity contribution < 1.29 is 42.9 Å². The zero-order valence-corrected chi connectivity index (χ0v) is 21.0. The molecule has 1 N–H and O–H groups in total. The van der Waals surface area contributed by atoms with Crippen LogP contribution >= 0.6 is 0 Å². The lowest BCUT2D eigenvalue weighted by atomic mass is 10.1. The van der Waals surface area contributed by atoms with Gasteiger partial charge in [0.2, 0.25) is 5.76 Å². The summed E-state index contributed by atoms with van der Waals surface area (Å²) in [6, 6.07) is 10.5. The van der Waals surface area contributed by atoms with Gasteiger partial charge in [-0.25, -0.2) is 14.4 Å². The third-order valence-electron chi connectivity index (χ3n) is 5.55. The maximum Gasteiger partial charge on any atom is 0.373 e. The van der Waals surface area contributed by atoms with Gasteiger partial charge in [-0.15, -0.1) is 0 Å². The maximum absolute atomic E-state index is 12.9. The Morgan fingerprint density at radius 3 is 2.34 bits per heavy atom. The monoisotopic (exact) mass is 562 g/mol. The van der Waals surface area contributed by atoms with Gasteiger partial charge in [-0.2, -0.15) is 0 Å². The smallest absolute Gasteiger partial charge is 0.373 e. The van der Waals surface area contributed by atoms with Crippen LogP contribution in [0.25, 0.3) is 12.2 Å². The summed E-state index contributed by atoms with van der Waals surface area (Å²) in [6.45, 7) is -0.330. The van der Waals surface area contributed by atoms with Crippen molar-refractivity contribution >= 4 is 47.4 Å². The molecule has 0 radical (unpaired) electrons. The fraction of sp³-hybridized carbons (Fsp3) is 0.0769. The van der Waals surface area contributed by atoms with E-state index in [4.69, 9.17) is 9.15 Å². The Bertz CT molecular complexity index is 1640. The molecular weight excluding hydrogens is 544 g/mol. The van der Waals surface area contributed by atoms with Gasteiger partial charge in [0.15, 0.2) is 0 Å². The number of nitrogens with one attached hydrogen (secondary N) is 1. The van der Waals surface area contributed by atoms with E-state index in [1.165, 1.54) is 42.5 Å². The molecule has 0 unspecified atom stereocenters. The number of amides is 3. The standard InChI is InChI=1S/C26H18N4O11/c1-39-25(33)22-10-8-19(40-22)14-28-24(32)20(27-26(28)34)13-16-12-18(30(37)38)7-9-21(16)41-23(31)11-4-15-2-5-17(6-3-15)29(35)36/h2-13H,14H2,1H3,(H,27,34)/b11-4+,20-13-. The molecule has 15 nitrogen and oxygen atoms in total. The summed E-state index contributed by atoms with van der Waals surface area (Å²) in [5, 5.41) is 24.4. The molecular formula is C26H18N4O11. The first-order valence-corrected chi connectivity index (χ1v) is 11.5. The Kier molecular flexibility index (Phi) is 7.98. The number of nitro groups is 2. The highest BCUT2D eigenvalue weighted by molar-refractivity contribution is 6.14. The number of methoxy groups -OCH3 is 1. The summed E-state index contributed by atoms with van der Waals surface area (Å²) in [7, 11) is 1.16. The Hall–Kier alpha value is -6.12. The van der Waals surface area contributed by atoms with Crippen LogP contribution in [0.4, 0.5) is 16.2 Å². The van der Waals surface area contributed by atoms with Crippen molar-refractivity contribution in [1.82, 2.24) is 10.2 Å². The van der Waals surface area contributed by atoms with E-state index < -0.39 is 33.7 Å². The van der Waals surface area contributed by atoms with Crippen LogP contribution in [0.2, 0.25) is 0 Å². The number of hydrogen-bond donors (Lipinski definition) is 1. The first-order chi connectivity index (χ1) is 19.5. The minimum Gasteiger partial charge on any atom is -0.463 e. The highest BCUT2D eigenvalue weighted by Crippen LogP contribution is 2.28. The topological polar surface area (TPSA) is 201 Å². The first kappa shape index (κ1) is 27.9. The quantitative estimate of drug-likeness (QED) is 0.0997. The number of rotatable bonds is 9. The lowest BCUT2D eigenvalue weighted by molar-refractivity contribution is -0.385. The largest absolute Gasteiger partial charge is 0.463 e. The third-order valence-corrected chi connectivity index (χ3v) is 5.55. The number of ether oxygens (including phenoxy) is 2. The number of furan rings is 1. The summed E-state index contributed by atoms with van der Waals surface area (Å²) in [4.78, 5) is 71.1. The molecule has 1 fully saturated rings. The van der Waals surface area contributed by atoms with Crippen LogP contribution in [-0.4, -0.2) is 45.7 Å². The number of carbonyl (C=O) groups is 4. The van der Waals surface area contributed by atoms with E-state index in [-0.39, 0.29) is 46.5 Å². The molecule has 3 amide bonds. The molecule has 1 aliphatic heterocycles. The first-order valence-electron chi connectivity index (χ1n) is 11.5. The van der Waals surface area contributed by atoms with Gasteiger partial charge in [-0.3, -0.25) is 29.9 Å². The Morgan fingerprint density at radius 1 is 1.00 bits per heavy atom. The van der Waals surface area contributed by atoms with Crippen molar-refractivity contribution in [2.45, 2.75) is 6.54 Å². The average molecular weight is 562 g/mol. The van der Waals surface area contributed by atoms with Gasteiger partial charge in [0.1, 0.15) is 17.2 Å². The predicted octanol–water partition coefficient (Wildman–Crippen LogP) is 3.59. The second-order valence-corrected chi connectivity index (χ2v) is 8.22. The van der Waals surface area contributed by atoms with E-state index in [1.54, 1.807) is 0 Å². The van der Waals surface area contributed by atoms with Crippen molar-refractivity contribution in [3.63, 3.8) is 0 Å². The van der Waals surface area contributed by atoms with Crippen LogP contribution in [0.1, 0.15) is 27.4 Å². The Labute approximate surface area is 229 Å². The number of hydrogen-bond acceptors (Lipinski definition) is 11. The third kappa shape index (κ3) is 6.48. The van der Waals surface area contributed by atoms with E-state index in [0.717, 1.165) is 42.4 Å². The number of esters is 2. The molecule has 0 saturated carbocycles. The van der Waals surface area contributed by atoms with E-state index in [9.17, 15) is 39.4 Å². The second kappa shape index (κ2) is 11.7. The zero-order chi connectivity index (χ0) is 29.7. The number of nitrogens with zero attached hydrogens (tertiary/aromatic N) is 3. The van der Waals surface area contributed by atoms with E-state index >= 15 is 0 Å². The van der Waals surface area contributed by atoms with Crippen molar-refractivity contribution in [2.75, 3.05) is 7.11 Å². The molecule has 0 aliphatic carbocycles. The summed E-state index contributed by atoms with van der Waals surface area (Å²) in [6.07, 6.45) is 3.49. The molecule has 1 saturated heterocycles. The van der Waals surface area contributed by atoms with Crippen molar-refractivity contribution in [3.8, 4) is 5.75 Å². The number of imide groups is 1. The molecule has 2 aromatic carbocycles. The molecule has 41 heavy (non-hydrogen) atoms. The lowest BCUT2D eigenvalue weighted by Gasteiger charge is -2.09. The van der Waals surface area contributed by atoms with E-state index in [0.29, 0.717) is 5.56 Å². The van der Waals surface area contributed by atoms with Gasteiger partial charge < -0.3 is 19.2 Å². The number of nitro benzene ring substituents is 2. The fourth-order valence-electron chi connectivity index (χ4n) is 3.57. The summed E-state index contributed by atoms with van der Waals surface area (Å²) >= 11 is 0. The van der Waals surface area contributed by atoms with Crippen molar-refractivity contribution in [2.24, 2.45) is 0 Å². The summed E-state index contributed by atoms with van der Waals surface area (Å²) in [5.41, 5.74) is -0.372. The van der Waals surface area contributed by atoms with Gasteiger partial charge in [-0.05, 0) is 48.0 Å². The minimum atomic E-state index is -0.889. The molecule has 0 atom stereocenters. The van der Waals surface area contributed by atoms with Crippen molar-refractivity contribution in [1.29, 1.82) is 0 Å². The molecule has 4 rings (SSSR count). The minimum absolute atomic E-state index is 0.0623. The van der Waals surface area contributed by atoms with Crippen LogP contribution in [0.15, 0.2) is 70.8 Å². The molecule has 1 aromatic heterocycles. The molecule has 1 aliphatic rings. The van der Waals surface area contributed by atoms with E-state index in [2.05, 4.69) is 10.1 Å². The van der Waals surface area contributed by atoms with E-state index in [1.807, 2.05) is 0 Å². The van der Waals surface area contributed by atoms with Crippen LogP contribution in [0.5, 0.6) is 5.75 Å². The highest BCUT2D eigenvalue weighted by atomic mass is 16.6. The lowest BCUT2D eigenvalue weighted by Crippen LogP contribution is -2.30. The number of non-ortho nitro benzene ring substituents is 2. The number of benzene rings is 2. The molecule has 2 heterocycles. The van der Waals surface area contributed by atoms with Crippen LogP contribution < -0.4 is 10.1 Å². The fourth-order valence-corrected chi connectivity index (χ4v) is 3.57. The van der Waals surface area contributed by atoms with Crippen LogP contribution in [0.3, 0.4) is 0 Å². The summed E-state index contributed by atoms with van der Waals surface area (Å²) < 4.78 is 15.1. The second-order valence-electron chi connectivity index (χ2n) is 8.22. The molecule has 3 aromatic rings. The average Bonchev–Trinajstić information content (AvgIpc) is 3.52. The maximum atomic E-state index is 12.9. The molecule has 0 bridgehead atoms. The molecule has 208 valence electrons. The number of urea groups is 1. The highest BCUT2D eigenvalue weighted by Gasteiger charge is 2.35. The SMILES string of the molecule is COC(=O)c1ccc(CN2C(=O)N/C(=C\c3cc([N+](=O)[O-])ccc3OC(=O)/C=C/c3ccc([N+](=O)[O-])cc3)C2=O)o1. The normalized spacial score (nSPS) is 13.9. The Balaban J connectivity index is 1.54. The predicted molar refractivity (Wildman–Crippen MR) is 138 cm³/mol. The van der Waals surface area contributed by atoms with Gasteiger partial charge in [0.05, 0.1) is 23.5 Å². The van der Waals surface area contributed by atoms with Crippen LogP contribution in [-0.2, 0) is 20.9 Å². The van der Waals surface area contributed by atoms with Gasteiger partial charge in [-0.1, -0.05) is 0 Å². The molecule has 15 heteroatoms. The summed E-state index contributed by atoms with van der Waals surface area (Å²) in [5.74, 6) is -2.62. The Morgan fingerprint density at radius 2 is 1.68 bits per heavy atom. The van der Waals surface area contributed by atoms with Gasteiger partial charge in [0.25, 0.3) is 17.3 Å².